The van der Waals surface area contributed by atoms with Crippen LogP contribution in [0.1, 0.15) is 38.3 Å². The summed E-state index contributed by atoms with van der Waals surface area (Å²) in [6.07, 6.45) is 7.21. The first-order chi connectivity index (χ1) is 10.3. The Balaban J connectivity index is 1.83. The summed E-state index contributed by atoms with van der Waals surface area (Å²) in [6.45, 7) is 4.72. The van der Waals surface area contributed by atoms with E-state index in [1.165, 1.54) is 25.7 Å². The maximum Gasteiger partial charge on any atom is 0.207 e. The molecule has 2 aromatic rings. The van der Waals surface area contributed by atoms with E-state index in [1.54, 1.807) is 0 Å². The van der Waals surface area contributed by atoms with Crippen LogP contribution in [0.25, 0.3) is 5.69 Å². The molecule has 0 spiro atoms. The van der Waals surface area contributed by atoms with Gasteiger partial charge in [-0.2, -0.15) is 0 Å². The zero-order valence-electron chi connectivity index (χ0n) is 12.8. The SMILES string of the molecule is CCOc1ccc(-n2cc(C)nc2NC2CCCC2)cc1. The molecular formula is C17H23N3O. The molecule has 0 atom stereocenters. The molecule has 0 amide bonds. The summed E-state index contributed by atoms with van der Waals surface area (Å²) >= 11 is 0. The smallest absolute Gasteiger partial charge is 0.207 e. The Morgan fingerprint density at radius 3 is 2.62 bits per heavy atom. The number of aromatic nitrogens is 2. The Morgan fingerprint density at radius 2 is 1.95 bits per heavy atom. The van der Waals surface area contributed by atoms with Crippen LogP contribution in [0.2, 0.25) is 0 Å². The molecule has 0 unspecified atom stereocenters. The predicted octanol–water partition coefficient (Wildman–Crippen LogP) is 3.93. The molecule has 0 saturated heterocycles. The van der Waals surface area contributed by atoms with Crippen molar-refractivity contribution in [3.8, 4) is 11.4 Å². The van der Waals surface area contributed by atoms with E-state index >= 15 is 0 Å². The molecule has 1 fully saturated rings. The molecule has 1 heterocycles. The molecule has 0 aliphatic heterocycles. The van der Waals surface area contributed by atoms with Crippen molar-refractivity contribution in [3.05, 3.63) is 36.2 Å². The maximum atomic E-state index is 5.50. The summed E-state index contributed by atoms with van der Waals surface area (Å²) in [5.74, 6) is 1.85. The van der Waals surface area contributed by atoms with E-state index in [2.05, 4.69) is 33.2 Å². The normalized spacial score (nSPS) is 15.3. The number of nitrogens with one attached hydrogen (secondary N) is 1. The van der Waals surface area contributed by atoms with Crippen molar-refractivity contribution in [2.75, 3.05) is 11.9 Å². The van der Waals surface area contributed by atoms with E-state index in [1.807, 2.05) is 26.0 Å². The second-order valence-corrected chi connectivity index (χ2v) is 5.63. The monoisotopic (exact) mass is 285 g/mol. The van der Waals surface area contributed by atoms with Gasteiger partial charge >= 0.3 is 0 Å². The highest BCUT2D eigenvalue weighted by atomic mass is 16.5. The lowest BCUT2D eigenvalue weighted by molar-refractivity contribution is 0.340. The van der Waals surface area contributed by atoms with E-state index in [-0.39, 0.29) is 0 Å². The van der Waals surface area contributed by atoms with Gasteiger partial charge in [-0.05, 0) is 51.0 Å². The quantitative estimate of drug-likeness (QED) is 0.904. The van der Waals surface area contributed by atoms with Crippen molar-refractivity contribution in [2.24, 2.45) is 0 Å². The number of benzene rings is 1. The highest BCUT2D eigenvalue weighted by molar-refractivity contribution is 5.45. The summed E-state index contributed by atoms with van der Waals surface area (Å²) in [6, 6.07) is 8.73. The molecular weight excluding hydrogens is 262 g/mol. The van der Waals surface area contributed by atoms with Crippen LogP contribution < -0.4 is 10.1 Å². The first-order valence-electron chi connectivity index (χ1n) is 7.82. The largest absolute Gasteiger partial charge is 0.494 e. The number of hydrogen-bond acceptors (Lipinski definition) is 3. The first-order valence-corrected chi connectivity index (χ1v) is 7.82. The highest BCUT2D eigenvalue weighted by Gasteiger charge is 2.17. The molecule has 3 rings (SSSR count). The number of nitrogens with zero attached hydrogens (tertiary/aromatic N) is 2. The summed E-state index contributed by atoms with van der Waals surface area (Å²) in [5.41, 5.74) is 2.14. The minimum atomic E-state index is 0.563. The number of ether oxygens (including phenoxy) is 1. The molecule has 1 aromatic heterocycles. The van der Waals surface area contributed by atoms with Gasteiger partial charge in [0.1, 0.15) is 5.75 Å². The highest BCUT2D eigenvalue weighted by Crippen LogP contribution is 2.24. The standard InChI is InChI=1S/C17H23N3O/c1-3-21-16-10-8-15(9-11-16)20-12-13(2)18-17(20)19-14-6-4-5-7-14/h8-12,14H,3-7H2,1-2H3,(H,18,19). The molecule has 1 aliphatic rings. The molecule has 4 nitrogen and oxygen atoms in total. The fourth-order valence-corrected chi connectivity index (χ4v) is 2.92. The zero-order valence-corrected chi connectivity index (χ0v) is 12.8. The van der Waals surface area contributed by atoms with Gasteiger partial charge in [0, 0.05) is 17.9 Å². The maximum absolute atomic E-state index is 5.50. The van der Waals surface area contributed by atoms with Gasteiger partial charge in [0.15, 0.2) is 0 Å². The molecule has 0 bridgehead atoms. The van der Waals surface area contributed by atoms with Gasteiger partial charge in [0.2, 0.25) is 5.95 Å². The minimum absolute atomic E-state index is 0.563. The van der Waals surface area contributed by atoms with Gasteiger partial charge in [-0.3, -0.25) is 4.57 Å². The molecule has 1 saturated carbocycles. The Bertz CT molecular complexity index is 583. The summed E-state index contributed by atoms with van der Waals surface area (Å²) < 4.78 is 7.63. The van der Waals surface area contributed by atoms with E-state index in [9.17, 15) is 0 Å². The second-order valence-electron chi connectivity index (χ2n) is 5.63. The van der Waals surface area contributed by atoms with Crippen LogP contribution in [0.15, 0.2) is 30.5 Å². The van der Waals surface area contributed by atoms with Crippen molar-refractivity contribution in [1.82, 2.24) is 9.55 Å². The van der Waals surface area contributed by atoms with E-state index < -0.39 is 0 Å². The third-order valence-electron chi connectivity index (χ3n) is 3.94. The van der Waals surface area contributed by atoms with Gasteiger partial charge in [-0.1, -0.05) is 12.8 Å². The van der Waals surface area contributed by atoms with Crippen molar-refractivity contribution < 1.29 is 4.74 Å². The van der Waals surface area contributed by atoms with E-state index in [0.717, 1.165) is 23.1 Å². The Hall–Kier alpha value is -1.97. The Kier molecular flexibility index (Phi) is 4.13. The van der Waals surface area contributed by atoms with Gasteiger partial charge in [-0.15, -0.1) is 0 Å². The fraction of sp³-hybridized carbons (Fsp3) is 0.471. The number of rotatable bonds is 5. The number of imidazole rings is 1. The van der Waals surface area contributed by atoms with Crippen LogP contribution in [0.4, 0.5) is 5.95 Å². The number of anilines is 1. The van der Waals surface area contributed by atoms with Crippen LogP contribution in [-0.4, -0.2) is 22.2 Å². The van der Waals surface area contributed by atoms with Crippen molar-refractivity contribution in [1.29, 1.82) is 0 Å². The average Bonchev–Trinajstić information content (AvgIpc) is 3.10. The lowest BCUT2D eigenvalue weighted by Crippen LogP contribution is -2.17. The predicted molar refractivity (Wildman–Crippen MR) is 85.3 cm³/mol. The molecule has 112 valence electrons. The molecule has 1 aliphatic carbocycles. The molecule has 1 aromatic carbocycles. The molecule has 1 N–H and O–H groups in total. The molecule has 4 heteroatoms. The summed E-state index contributed by atoms with van der Waals surface area (Å²) in [5, 5.41) is 3.59. The van der Waals surface area contributed by atoms with Crippen LogP contribution >= 0.6 is 0 Å². The Labute approximate surface area is 126 Å². The summed E-state index contributed by atoms with van der Waals surface area (Å²) in [7, 11) is 0. The second kappa shape index (κ2) is 6.20. The summed E-state index contributed by atoms with van der Waals surface area (Å²) in [4.78, 5) is 4.63. The van der Waals surface area contributed by atoms with Gasteiger partial charge in [0.05, 0.1) is 12.3 Å². The zero-order chi connectivity index (χ0) is 14.7. The topological polar surface area (TPSA) is 39.1 Å². The third-order valence-corrected chi connectivity index (χ3v) is 3.94. The van der Waals surface area contributed by atoms with Gasteiger partial charge in [-0.25, -0.2) is 4.98 Å². The number of hydrogen-bond donors (Lipinski definition) is 1. The molecule has 0 radical (unpaired) electrons. The van der Waals surface area contributed by atoms with E-state index in [0.29, 0.717) is 12.6 Å². The number of aryl methyl sites for hydroxylation is 1. The fourth-order valence-electron chi connectivity index (χ4n) is 2.92. The Morgan fingerprint density at radius 1 is 1.24 bits per heavy atom. The average molecular weight is 285 g/mol. The van der Waals surface area contributed by atoms with Crippen LogP contribution in [-0.2, 0) is 0 Å². The van der Waals surface area contributed by atoms with Gasteiger partial charge in [0.25, 0.3) is 0 Å². The lowest BCUT2D eigenvalue weighted by atomic mass is 10.2. The molecule has 21 heavy (non-hydrogen) atoms. The third kappa shape index (κ3) is 3.20. The van der Waals surface area contributed by atoms with Crippen LogP contribution in [0.5, 0.6) is 5.75 Å². The lowest BCUT2D eigenvalue weighted by Gasteiger charge is -2.15. The van der Waals surface area contributed by atoms with Crippen LogP contribution in [0.3, 0.4) is 0 Å². The first kappa shape index (κ1) is 14.0. The van der Waals surface area contributed by atoms with Gasteiger partial charge < -0.3 is 10.1 Å². The minimum Gasteiger partial charge on any atom is -0.494 e. The van der Waals surface area contributed by atoms with E-state index in [4.69, 9.17) is 4.74 Å². The van der Waals surface area contributed by atoms with Crippen molar-refractivity contribution in [2.45, 2.75) is 45.6 Å². The van der Waals surface area contributed by atoms with Crippen molar-refractivity contribution >= 4 is 5.95 Å². The van der Waals surface area contributed by atoms with Crippen molar-refractivity contribution in [3.63, 3.8) is 0 Å². The van der Waals surface area contributed by atoms with Crippen LogP contribution in [0, 0.1) is 6.92 Å².